The summed E-state index contributed by atoms with van der Waals surface area (Å²) in [5.41, 5.74) is 1.67. The molecule has 1 heterocycles. The second-order valence-electron chi connectivity index (χ2n) is 7.93. The Morgan fingerprint density at radius 2 is 1.81 bits per heavy atom. The van der Waals surface area contributed by atoms with Crippen LogP contribution in [-0.4, -0.2) is 17.4 Å². The Labute approximate surface area is 153 Å². The molecule has 26 heavy (non-hydrogen) atoms. The molecule has 1 amide bonds. The minimum Gasteiger partial charge on any atom is -0.328 e. The van der Waals surface area contributed by atoms with Gasteiger partial charge in [-0.05, 0) is 34.8 Å². The number of rotatable bonds is 3. The molecule has 0 bridgehead atoms. The molecule has 0 saturated heterocycles. The van der Waals surface area contributed by atoms with Crippen LogP contribution in [0.5, 0.6) is 0 Å². The topological polar surface area (TPSA) is 20.3 Å². The predicted molar refractivity (Wildman–Crippen MR) is 99.3 cm³/mol. The highest BCUT2D eigenvalue weighted by molar-refractivity contribution is 5.83. The van der Waals surface area contributed by atoms with Crippen molar-refractivity contribution in [1.82, 2.24) is 4.90 Å². The first-order chi connectivity index (χ1) is 12.2. The zero-order valence-electron chi connectivity index (χ0n) is 15.3. The lowest BCUT2D eigenvalue weighted by Crippen LogP contribution is -2.34. The Morgan fingerprint density at radius 3 is 2.46 bits per heavy atom. The van der Waals surface area contributed by atoms with Gasteiger partial charge in [-0.15, -0.1) is 0 Å². The highest BCUT2D eigenvalue weighted by Gasteiger charge is 2.33. The van der Waals surface area contributed by atoms with Crippen LogP contribution in [0.25, 0.3) is 5.57 Å². The Kier molecular flexibility index (Phi) is 4.94. The van der Waals surface area contributed by atoms with Gasteiger partial charge >= 0.3 is 0 Å². The number of hydrogen-bond donors (Lipinski definition) is 0. The average Bonchev–Trinajstić information content (AvgIpc) is 3.01. The molecule has 0 aliphatic carbocycles. The molecule has 0 aromatic heterocycles. The lowest BCUT2D eigenvalue weighted by Gasteiger charge is -2.28. The Balaban J connectivity index is 1.98. The van der Waals surface area contributed by atoms with Gasteiger partial charge in [0, 0.05) is 18.5 Å². The van der Waals surface area contributed by atoms with Crippen LogP contribution in [-0.2, 0) is 4.79 Å². The van der Waals surface area contributed by atoms with Gasteiger partial charge in [0.1, 0.15) is 11.6 Å². The van der Waals surface area contributed by atoms with Crippen LogP contribution in [0.2, 0.25) is 0 Å². The molecule has 0 unspecified atom stereocenters. The minimum absolute atomic E-state index is 0.00872. The summed E-state index contributed by atoms with van der Waals surface area (Å²) in [6.45, 7) is 6.31. The third kappa shape index (κ3) is 4.01. The molecule has 4 heteroatoms. The van der Waals surface area contributed by atoms with Gasteiger partial charge in [-0.2, -0.15) is 0 Å². The first kappa shape index (κ1) is 18.3. The van der Waals surface area contributed by atoms with E-state index in [0.29, 0.717) is 12.0 Å². The highest BCUT2D eigenvalue weighted by atomic mass is 19.1. The van der Waals surface area contributed by atoms with Gasteiger partial charge in [-0.25, -0.2) is 8.78 Å². The van der Waals surface area contributed by atoms with E-state index in [1.807, 2.05) is 57.2 Å². The fourth-order valence-electron chi connectivity index (χ4n) is 3.26. The predicted octanol–water partition coefficient (Wildman–Crippen LogP) is 5.37. The van der Waals surface area contributed by atoms with E-state index >= 15 is 0 Å². The molecule has 2 aromatic carbocycles. The van der Waals surface area contributed by atoms with Crippen LogP contribution in [0.1, 0.15) is 44.4 Å². The molecule has 0 radical (unpaired) electrons. The van der Waals surface area contributed by atoms with Crippen molar-refractivity contribution in [2.45, 2.75) is 33.2 Å². The van der Waals surface area contributed by atoms with Gasteiger partial charge in [-0.1, -0.05) is 57.2 Å². The van der Waals surface area contributed by atoms with Crippen molar-refractivity contribution < 1.29 is 13.6 Å². The van der Waals surface area contributed by atoms with Crippen molar-refractivity contribution in [1.29, 1.82) is 0 Å². The molecule has 0 fully saturated rings. The maximum absolute atomic E-state index is 14.2. The summed E-state index contributed by atoms with van der Waals surface area (Å²) < 4.78 is 27.9. The van der Waals surface area contributed by atoms with Crippen LogP contribution in [0, 0.1) is 17.0 Å². The fourth-order valence-corrected chi connectivity index (χ4v) is 3.26. The second kappa shape index (κ2) is 7.02. The number of halogens is 2. The summed E-state index contributed by atoms with van der Waals surface area (Å²) in [5, 5.41) is 0. The number of nitrogens with zero attached hydrogens (tertiary/aromatic N) is 1. The SMILES string of the molecule is CC(C)(C)CC(=O)N1CC(c2cc(F)ccc2F)=C[C@H]1c1ccccc1. The van der Waals surface area contributed by atoms with E-state index in [4.69, 9.17) is 0 Å². The zero-order chi connectivity index (χ0) is 18.9. The van der Waals surface area contributed by atoms with Crippen molar-refractivity contribution in [3.05, 3.63) is 77.4 Å². The van der Waals surface area contributed by atoms with Crippen LogP contribution < -0.4 is 0 Å². The van der Waals surface area contributed by atoms with E-state index < -0.39 is 11.6 Å². The third-order valence-electron chi connectivity index (χ3n) is 4.45. The minimum atomic E-state index is -0.488. The Morgan fingerprint density at radius 1 is 1.12 bits per heavy atom. The van der Waals surface area contributed by atoms with Crippen LogP contribution in [0.15, 0.2) is 54.6 Å². The number of hydrogen-bond acceptors (Lipinski definition) is 1. The van der Waals surface area contributed by atoms with Gasteiger partial charge in [0.15, 0.2) is 0 Å². The monoisotopic (exact) mass is 355 g/mol. The highest BCUT2D eigenvalue weighted by Crippen LogP contribution is 2.37. The maximum Gasteiger partial charge on any atom is 0.224 e. The molecule has 1 aliphatic heterocycles. The number of benzene rings is 2. The summed E-state index contributed by atoms with van der Waals surface area (Å²) in [4.78, 5) is 14.6. The van der Waals surface area contributed by atoms with Gasteiger partial charge < -0.3 is 4.90 Å². The second-order valence-corrected chi connectivity index (χ2v) is 7.93. The van der Waals surface area contributed by atoms with E-state index in [1.54, 1.807) is 4.90 Å². The first-order valence-electron chi connectivity index (χ1n) is 8.75. The normalized spacial score (nSPS) is 17.3. The summed E-state index contributed by atoms with van der Waals surface area (Å²) in [5.74, 6) is -0.956. The van der Waals surface area contributed by atoms with Crippen molar-refractivity contribution in [3.8, 4) is 0 Å². The summed E-state index contributed by atoms with van der Waals surface area (Å²) in [6.07, 6.45) is 2.26. The van der Waals surface area contributed by atoms with Gasteiger partial charge in [0.25, 0.3) is 0 Å². The standard InChI is InChI=1S/C22H23F2NO/c1-22(2,3)13-21(26)25-14-16(18-12-17(23)9-10-19(18)24)11-20(25)15-7-5-4-6-8-15/h4-12,20H,13-14H2,1-3H3/t20-/m0/s1. The van der Waals surface area contributed by atoms with Crippen LogP contribution in [0.4, 0.5) is 8.78 Å². The molecule has 0 N–H and O–H groups in total. The van der Waals surface area contributed by atoms with E-state index in [-0.39, 0.29) is 29.5 Å². The molecular formula is C22H23F2NO. The maximum atomic E-state index is 14.2. The number of carbonyl (C=O) groups excluding carboxylic acids is 1. The van der Waals surface area contributed by atoms with Crippen molar-refractivity contribution in [3.63, 3.8) is 0 Å². The quantitative estimate of drug-likeness (QED) is 0.725. The van der Waals surface area contributed by atoms with Gasteiger partial charge in [0.2, 0.25) is 5.91 Å². The molecule has 3 rings (SSSR count). The van der Waals surface area contributed by atoms with Crippen molar-refractivity contribution in [2.75, 3.05) is 6.54 Å². The lowest BCUT2D eigenvalue weighted by atomic mass is 9.91. The summed E-state index contributed by atoms with van der Waals surface area (Å²) in [7, 11) is 0. The Hall–Kier alpha value is -2.49. The van der Waals surface area contributed by atoms with Crippen LogP contribution >= 0.6 is 0 Å². The fraction of sp³-hybridized carbons (Fsp3) is 0.318. The molecule has 136 valence electrons. The first-order valence-corrected chi connectivity index (χ1v) is 8.75. The Bertz CT molecular complexity index is 837. The van der Waals surface area contributed by atoms with E-state index in [9.17, 15) is 13.6 Å². The van der Waals surface area contributed by atoms with E-state index in [0.717, 1.165) is 17.7 Å². The molecule has 1 aliphatic rings. The number of carbonyl (C=O) groups is 1. The summed E-state index contributed by atoms with van der Waals surface area (Å²) in [6, 6.07) is 12.8. The smallest absolute Gasteiger partial charge is 0.224 e. The molecule has 0 spiro atoms. The van der Waals surface area contributed by atoms with Crippen molar-refractivity contribution >= 4 is 11.5 Å². The molecule has 1 atom stereocenters. The van der Waals surface area contributed by atoms with Gasteiger partial charge in [0.05, 0.1) is 6.04 Å². The third-order valence-corrected chi connectivity index (χ3v) is 4.45. The molecule has 0 saturated carbocycles. The van der Waals surface area contributed by atoms with Crippen LogP contribution in [0.3, 0.4) is 0 Å². The summed E-state index contributed by atoms with van der Waals surface area (Å²) >= 11 is 0. The molecule has 2 nitrogen and oxygen atoms in total. The van der Waals surface area contributed by atoms with E-state index in [2.05, 4.69) is 0 Å². The lowest BCUT2D eigenvalue weighted by molar-refractivity contribution is -0.133. The average molecular weight is 355 g/mol. The van der Waals surface area contributed by atoms with Crippen molar-refractivity contribution in [2.24, 2.45) is 5.41 Å². The zero-order valence-corrected chi connectivity index (χ0v) is 15.3. The largest absolute Gasteiger partial charge is 0.328 e. The van der Waals surface area contributed by atoms with Gasteiger partial charge in [-0.3, -0.25) is 4.79 Å². The molecule has 2 aromatic rings. The molecular weight excluding hydrogens is 332 g/mol. The number of amides is 1. The van der Waals surface area contributed by atoms with E-state index in [1.165, 1.54) is 6.07 Å².